The molecule has 3 heteroatoms. The van der Waals surface area contributed by atoms with Crippen LogP contribution in [0.4, 0.5) is 0 Å². The molecule has 0 saturated carbocycles. The van der Waals surface area contributed by atoms with E-state index in [1.54, 1.807) is 0 Å². The Morgan fingerprint density at radius 2 is 1.90 bits per heavy atom. The fraction of sp³-hybridized carbons (Fsp3) is 0.647. The van der Waals surface area contributed by atoms with Gasteiger partial charge in [-0.05, 0) is 18.6 Å². The molecule has 20 heavy (non-hydrogen) atoms. The molecule has 0 fully saturated rings. The second-order valence-corrected chi connectivity index (χ2v) is 5.80. The molecule has 1 aliphatic heterocycles. The highest BCUT2D eigenvalue weighted by molar-refractivity contribution is 6.08. The Labute approximate surface area is 121 Å². The molecule has 1 aromatic heterocycles. The zero-order valence-corrected chi connectivity index (χ0v) is 12.4. The van der Waals surface area contributed by atoms with E-state index in [9.17, 15) is 9.59 Å². The molecule has 0 bridgehead atoms. The first-order chi connectivity index (χ1) is 9.74. The third-order valence-corrected chi connectivity index (χ3v) is 4.16. The number of carbonyl (C=O) groups excluding carboxylic acids is 2. The Morgan fingerprint density at radius 1 is 1.20 bits per heavy atom. The number of hydrogen-bond donors (Lipinski definition) is 0. The molecule has 0 saturated heterocycles. The predicted octanol–water partition coefficient (Wildman–Crippen LogP) is 3.86. The molecule has 3 nitrogen and oxygen atoms in total. The minimum absolute atomic E-state index is 0.0635. The fourth-order valence-corrected chi connectivity index (χ4v) is 3.00. The van der Waals surface area contributed by atoms with Crippen LogP contribution in [0.3, 0.4) is 0 Å². The second-order valence-electron chi connectivity index (χ2n) is 5.80. The van der Waals surface area contributed by atoms with Gasteiger partial charge in [-0.2, -0.15) is 0 Å². The standard InChI is InChI=1S/C17H25NO2/c1-2-3-4-5-6-7-8-11-15(19)17-14-10-9-12-18(14)13-16(17)20/h9-10,12,17H,2-8,11,13H2,1H3. The molecule has 0 amide bonds. The molecular weight excluding hydrogens is 250 g/mol. The van der Waals surface area contributed by atoms with Crippen LogP contribution in [-0.2, 0) is 16.1 Å². The highest BCUT2D eigenvalue weighted by atomic mass is 16.2. The van der Waals surface area contributed by atoms with E-state index >= 15 is 0 Å². The van der Waals surface area contributed by atoms with Crippen molar-refractivity contribution in [1.29, 1.82) is 0 Å². The third kappa shape index (κ3) is 3.59. The van der Waals surface area contributed by atoms with E-state index in [0.29, 0.717) is 13.0 Å². The molecule has 0 aliphatic carbocycles. The van der Waals surface area contributed by atoms with Gasteiger partial charge in [-0.25, -0.2) is 0 Å². The zero-order valence-electron chi connectivity index (χ0n) is 12.4. The van der Waals surface area contributed by atoms with Gasteiger partial charge in [0.25, 0.3) is 0 Å². The smallest absolute Gasteiger partial charge is 0.168 e. The third-order valence-electron chi connectivity index (χ3n) is 4.16. The van der Waals surface area contributed by atoms with Crippen molar-refractivity contribution >= 4 is 11.6 Å². The van der Waals surface area contributed by atoms with Gasteiger partial charge in [0.05, 0.1) is 6.54 Å². The molecule has 1 aromatic rings. The Hall–Kier alpha value is -1.38. The average molecular weight is 275 g/mol. The maximum absolute atomic E-state index is 12.2. The number of fused-ring (bicyclic) bond motifs is 1. The van der Waals surface area contributed by atoms with E-state index < -0.39 is 5.92 Å². The largest absolute Gasteiger partial charge is 0.343 e. The topological polar surface area (TPSA) is 39.1 Å². The van der Waals surface area contributed by atoms with Gasteiger partial charge in [0.2, 0.25) is 0 Å². The Balaban J connectivity index is 1.69. The van der Waals surface area contributed by atoms with Crippen molar-refractivity contribution in [2.24, 2.45) is 0 Å². The monoisotopic (exact) mass is 275 g/mol. The minimum Gasteiger partial charge on any atom is -0.343 e. The summed E-state index contributed by atoms with van der Waals surface area (Å²) in [5.74, 6) is -0.306. The second kappa shape index (κ2) is 7.41. The first-order valence-electron chi connectivity index (χ1n) is 7.94. The van der Waals surface area contributed by atoms with Crippen LogP contribution < -0.4 is 0 Å². The van der Waals surface area contributed by atoms with Crippen molar-refractivity contribution in [3.05, 3.63) is 24.0 Å². The summed E-state index contributed by atoms with van der Waals surface area (Å²) in [6, 6.07) is 3.81. The molecule has 0 spiro atoms. The summed E-state index contributed by atoms with van der Waals surface area (Å²) in [5, 5.41) is 0. The molecule has 2 heterocycles. The van der Waals surface area contributed by atoms with Crippen LogP contribution in [-0.4, -0.2) is 16.1 Å². The summed E-state index contributed by atoms with van der Waals surface area (Å²) in [5.41, 5.74) is 0.892. The van der Waals surface area contributed by atoms with E-state index in [-0.39, 0.29) is 11.6 Å². The van der Waals surface area contributed by atoms with Crippen LogP contribution in [0, 0.1) is 0 Å². The highest BCUT2D eigenvalue weighted by Gasteiger charge is 2.35. The van der Waals surface area contributed by atoms with Crippen LogP contribution >= 0.6 is 0 Å². The molecule has 0 radical (unpaired) electrons. The van der Waals surface area contributed by atoms with E-state index in [4.69, 9.17) is 0 Å². The van der Waals surface area contributed by atoms with Gasteiger partial charge in [0.15, 0.2) is 5.78 Å². The molecule has 0 N–H and O–H groups in total. The number of hydrogen-bond acceptors (Lipinski definition) is 2. The number of ketones is 2. The molecule has 2 rings (SSSR count). The lowest BCUT2D eigenvalue weighted by atomic mass is 9.94. The van der Waals surface area contributed by atoms with Crippen molar-refractivity contribution in [3.63, 3.8) is 0 Å². The van der Waals surface area contributed by atoms with Crippen molar-refractivity contribution in [1.82, 2.24) is 4.57 Å². The van der Waals surface area contributed by atoms with Gasteiger partial charge >= 0.3 is 0 Å². The molecule has 1 unspecified atom stereocenters. The zero-order chi connectivity index (χ0) is 14.4. The van der Waals surface area contributed by atoms with Crippen molar-refractivity contribution in [3.8, 4) is 0 Å². The molecule has 1 atom stereocenters. The average Bonchev–Trinajstić information content (AvgIpc) is 2.97. The van der Waals surface area contributed by atoms with Crippen molar-refractivity contribution in [2.45, 2.75) is 70.8 Å². The maximum Gasteiger partial charge on any atom is 0.168 e. The van der Waals surface area contributed by atoms with Crippen LogP contribution in [0.15, 0.2) is 18.3 Å². The Kier molecular flexibility index (Phi) is 5.57. The van der Waals surface area contributed by atoms with E-state index in [1.807, 2.05) is 22.9 Å². The fourth-order valence-electron chi connectivity index (χ4n) is 3.00. The normalized spacial score (nSPS) is 17.4. The van der Waals surface area contributed by atoms with Gasteiger partial charge in [-0.3, -0.25) is 9.59 Å². The number of nitrogens with zero attached hydrogens (tertiary/aromatic N) is 1. The van der Waals surface area contributed by atoms with Gasteiger partial charge in [-0.15, -0.1) is 0 Å². The summed E-state index contributed by atoms with van der Waals surface area (Å²) in [6.07, 6.45) is 10.8. The lowest BCUT2D eigenvalue weighted by molar-refractivity contribution is -0.128. The summed E-state index contributed by atoms with van der Waals surface area (Å²) in [6.45, 7) is 2.59. The first-order valence-corrected chi connectivity index (χ1v) is 7.94. The number of aromatic nitrogens is 1. The SMILES string of the molecule is CCCCCCCCCC(=O)C1C(=O)Cn2cccc21. The number of rotatable bonds is 9. The lowest BCUT2D eigenvalue weighted by Crippen LogP contribution is -2.17. The quantitative estimate of drug-likeness (QED) is 0.507. The summed E-state index contributed by atoms with van der Waals surface area (Å²) < 4.78 is 1.90. The van der Waals surface area contributed by atoms with Crippen molar-refractivity contribution in [2.75, 3.05) is 0 Å². The number of Topliss-reactive ketones (excluding diaryl/α,β-unsaturated/α-hetero) is 2. The number of unbranched alkanes of at least 4 members (excludes halogenated alkanes) is 6. The number of carbonyl (C=O) groups is 2. The Bertz CT molecular complexity index is 461. The van der Waals surface area contributed by atoms with Gasteiger partial charge < -0.3 is 4.57 Å². The Morgan fingerprint density at radius 3 is 2.65 bits per heavy atom. The predicted molar refractivity (Wildman–Crippen MR) is 79.8 cm³/mol. The molecule has 0 aromatic carbocycles. The van der Waals surface area contributed by atoms with Gasteiger partial charge in [0.1, 0.15) is 11.7 Å². The summed E-state index contributed by atoms with van der Waals surface area (Å²) in [4.78, 5) is 24.1. The van der Waals surface area contributed by atoms with Crippen molar-refractivity contribution < 1.29 is 9.59 Å². The van der Waals surface area contributed by atoms with Crippen LogP contribution in [0.5, 0.6) is 0 Å². The van der Waals surface area contributed by atoms with E-state index in [1.165, 1.54) is 32.1 Å². The van der Waals surface area contributed by atoms with E-state index in [2.05, 4.69) is 6.92 Å². The molecule has 1 aliphatic rings. The van der Waals surface area contributed by atoms with Crippen LogP contribution in [0.25, 0.3) is 0 Å². The van der Waals surface area contributed by atoms with Crippen LogP contribution in [0.1, 0.15) is 69.9 Å². The van der Waals surface area contributed by atoms with Gasteiger partial charge in [0, 0.05) is 18.3 Å². The summed E-state index contributed by atoms with van der Waals surface area (Å²) >= 11 is 0. The molecule has 110 valence electrons. The maximum atomic E-state index is 12.2. The molecular formula is C17H25NO2. The minimum atomic E-state index is -0.481. The lowest BCUT2D eigenvalue weighted by Gasteiger charge is -2.07. The highest BCUT2D eigenvalue weighted by Crippen LogP contribution is 2.28. The van der Waals surface area contributed by atoms with Gasteiger partial charge in [-0.1, -0.05) is 45.4 Å². The van der Waals surface area contributed by atoms with E-state index in [0.717, 1.165) is 18.5 Å². The first kappa shape index (κ1) is 15.0. The van der Waals surface area contributed by atoms with Crippen LogP contribution in [0.2, 0.25) is 0 Å². The summed E-state index contributed by atoms with van der Waals surface area (Å²) in [7, 11) is 0.